The zero-order valence-corrected chi connectivity index (χ0v) is 14.7. The highest BCUT2D eigenvalue weighted by molar-refractivity contribution is 6.02. The predicted molar refractivity (Wildman–Crippen MR) is 103 cm³/mol. The van der Waals surface area contributed by atoms with Crippen molar-refractivity contribution in [1.82, 2.24) is 9.55 Å². The number of nitro groups is 1. The van der Waals surface area contributed by atoms with Gasteiger partial charge in [-0.25, -0.2) is 4.98 Å². The van der Waals surface area contributed by atoms with Gasteiger partial charge in [-0.15, -0.1) is 0 Å². The van der Waals surface area contributed by atoms with E-state index in [9.17, 15) is 14.9 Å². The Morgan fingerprint density at radius 1 is 1.00 bits per heavy atom. The normalized spacial score (nSPS) is 10.7. The highest BCUT2D eigenvalue weighted by Crippen LogP contribution is 2.21. The fraction of sp³-hybridized carbons (Fsp3) is 0.0476. The van der Waals surface area contributed by atoms with Crippen LogP contribution in [0.3, 0.4) is 0 Å². The van der Waals surface area contributed by atoms with Gasteiger partial charge in [-0.05, 0) is 30.3 Å². The second-order valence-corrected chi connectivity index (χ2v) is 6.07. The van der Waals surface area contributed by atoms with Crippen LogP contribution in [0.4, 0.5) is 5.69 Å². The van der Waals surface area contributed by atoms with E-state index >= 15 is 0 Å². The maximum Gasteiger partial charge on any atom is 0.270 e. The molecule has 0 saturated carbocycles. The third kappa shape index (κ3) is 3.33. The van der Waals surface area contributed by atoms with E-state index in [-0.39, 0.29) is 17.9 Å². The van der Waals surface area contributed by atoms with E-state index in [1.54, 1.807) is 18.2 Å². The van der Waals surface area contributed by atoms with Crippen molar-refractivity contribution >= 4 is 22.6 Å². The van der Waals surface area contributed by atoms with Crippen molar-refractivity contribution < 1.29 is 14.5 Å². The number of para-hydroxylation sites is 3. The summed E-state index contributed by atoms with van der Waals surface area (Å²) in [5, 5.41) is 11.1. The standard InChI is InChI=1S/C21H15N3O4/c25-21(15-7-6-8-16(13-15)24(26)27)23-19-12-5-4-11-18(19)22-20(23)14-28-17-9-2-1-3-10-17/h1-13H,14H2. The fourth-order valence-electron chi connectivity index (χ4n) is 2.95. The Kier molecular flexibility index (Phi) is 4.55. The predicted octanol–water partition coefficient (Wildman–Crippen LogP) is 4.21. The molecule has 1 aromatic heterocycles. The number of benzene rings is 3. The monoisotopic (exact) mass is 373 g/mol. The van der Waals surface area contributed by atoms with E-state index in [0.717, 1.165) is 0 Å². The molecule has 0 unspecified atom stereocenters. The molecular formula is C21H15N3O4. The van der Waals surface area contributed by atoms with Crippen molar-refractivity contribution in [1.29, 1.82) is 0 Å². The van der Waals surface area contributed by atoms with Gasteiger partial charge in [-0.1, -0.05) is 36.4 Å². The van der Waals surface area contributed by atoms with Gasteiger partial charge in [0.1, 0.15) is 12.4 Å². The number of fused-ring (bicyclic) bond motifs is 1. The Morgan fingerprint density at radius 2 is 1.75 bits per heavy atom. The van der Waals surface area contributed by atoms with Gasteiger partial charge < -0.3 is 4.74 Å². The number of nitrogens with zero attached hydrogens (tertiary/aromatic N) is 3. The first-order valence-corrected chi connectivity index (χ1v) is 8.57. The van der Waals surface area contributed by atoms with Gasteiger partial charge in [0.15, 0.2) is 5.82 Å². The number of imidazole rings is 1. The van der Waals surface area contributed by atoms with E-state index in [2.05, 4.69) is 4.98 Å². The van der Waals surface area contributed by atoms with Crippen LogP contribution in [0, 0.1) is 10.1 Å². The van der Waals surface area contributed by atoms with Gasteiger partial charge in [0, 0.05) is 17.7 Å². The Labute approximate surface area is 160 Å². The molecular weight excluding hydrogens is 358 g/mol. The zero-order chi connectivity index (χ0) is 19.5. The molecule has 0 N–H and O–H groups in total. The second-order valence-electron chi connectivity index (χ2n) is 6.07. The summed E-state index contributed by atoms with van der Waals surface area (Å²) in [7, 11) is 0. The van der Waals surface area contributed by atoms with Crippen LogP contribution in [-0.2, 0) is 6.61 Å². The quantitative estimate of drug-likeness (QED) is 0.386. The molecule has 1 heterocycles. The third-order valence-corrected chi connectivity index (χ3v) is 4.25. The van der Waals surface area contributed by atoms with Crippen LogP contribution in [0.2, 0.25) is 0 Å². The Morgan fingerprint density at radius 3 is 2.54 bits per heavy atom. The van der Waals surface area contributed by atoms with Crippen LogP contribution >= 0.6 is 0 Å². The highest BCUT2D eigenvalue weighted by Gasteiger charge is 2.20. The maximum atomic E-state index is 13.2. The van der Waals surface area contributed by atoms with Crippen LogP contribution in [0.5, 0.6) is 5.75 Å². The Balaban J connectivity index is 1.75. The molecule has 0 spiro atoms. The van der Waals surface area contributed by atoms with Gasteiger partial charge >= 0.3 is 0 Å². The topological polar surface area (TPSA) is 87.3 Å². The summed E-state index contributed by atoms with van der Waals surface area (Å²) in [6.07, 6.45) is 0. The SMILES string of the molecule is O=C(c1cccc([N+](=O)[O-])c1)n1c(COc2ccccc2)nc2ccccc21. The van der Waals surface area contributed by atoms with Crippen molar-refractivity contribution in [2.45, 2.75) is 6.61 Å². The van der Waals surface area contributed by atoms with Crippen molar-refractivity contribution in [2.24, 2.45) is 0 Å². The van der Waals surface area contributed by atoms with Crippen molar-refractivity contribution in [2.75, 3.05) is 0 Å². The van der Waals surface area contributed by atoms with E-state index in [1.807, 2.05) is 42.5 Å². The van der Waals surface area contributed by atoms with Gasteiger partial charge in [0.2, 0.25) is 0 Å². The first kappa shape index (κ1) is 17.4. The zero-order valence-electron chi connectivity index (χ0n) is 14.7. The number of hydrogen-bond acceptors (Lipinski definition) is 5. The van der Waals surface area contributed by atoms with Crippen molar-refractivity contribution in [3.05, 3.63) is 100 Å². The molecule has 28 heavy (non-hydrogen) atoms. The lowest BCUT2D eigenvalue weighted by Gasteiger charge is -2.09. The summed E-state index contributed by atoms with van der Waals surface area (Å²) < 4.78 is 7.21. The average molecular weight is 373 g/mol. The first-order valence-electron chi connectivity index (χ1n) is 8.57. The molecule has 0 saturated heterocycles. The summed E-state index contributed by atoms with van der Waals surface area (Å²) in [6.45, 7) is 0.0827. The van der Waals surface area contributed by atoms with Crippen LogP contribution in [0.25, 0.3) is 11.0 Å². The molecule has 7 heteroatoms. The van der Waals surface area contributed by atoms with Gasteiger partial charge in [0.25, 0.3) is 11.6 Å². The molecule has 138 valence electrons. The lowest BCUT2D eigenvalue weighted by molar-refractivity contribution is -0.384. The molecule has 4 aromatic rings. The number of nitro benzene ring substituents is 1. The number of carbonyl (C=O) groups is 1. The van der Waals surface area contributed by atoms with Gasteiger partial charge in [-0.3, -0.25) is 19.5 Å². The molecule has 0 aliphatic heterocycles. The smallest absolute Gasteiger partial charge is 0.270 e. The first-order chi connectivity index (χ1) is 13.6. The molecule has 0 radical (unpaired) electrons. The fourth-order valence-corrected chi connectivity index (χ4v) is 2.95. The average Bonchev–Trinajstić information content (AvgIpc) is 3.11. The Hall–Kier alpha value is -4.00. The van der Waals surface area contributed by atoms with Crippen molar-refractivity contribution in [3.63, 3.8) is 0 Å². The molecule has 0 fully saturated rings. The molecule has 0 amide bonds. The van der Waals surface area contributed by atoms with E-state index < -0.39 is 10.8 Å². The molecule has 0 aliphatic rings. The third-order valence-electron chi connectivity index (χ3n) is 4.25. The highest BCUT2D eigenvalue weighted by atomic mass is 16.6. The van der Waals surface area contributed by atoms with E-state index in [4.69, 9.17) is 4.74 Å². The van der Waals surface area contributed by atoms with Gasteiger partial charge in [0.05, 0.1) is 16.0 Å². The largest absolute Gasteiger partial charge is 0.486 e. The van der Waals surface area contributed by atoms with Crippen molar-refractivity contribution in [3.8, 4) is 5.75 Å². The van der Waals surface area contributed by atoms with Crippen LogP contribution < -0.4 is 4.74 Å². The number of ether oxygens (including phenoxy) is 1. The Bertz CT molecular complexity index is 1170. The maximum absolute atomic E-state index is 13.2. The molecule has 0 aliphatic carbocycles. The number of rotatable bonds is 5. The van der Waals surface area contributed by atoms with Crippen LogP contribution in [0.1, 0.15) is 16.2 Å². The van der Waals surface area contributed by atoms with E-state index in [1.165, 1.54) is 22.8 Å². The van der Waals surface area contributed by atoms with E-state index in [0.29, 0.717) is 22.6 Å². The molecule has 7 nitrogen and oxygen atoms in total. The summed E-state index contributed by atoms with van der Waals surface area (Å²) in [5.41, 5.74) is 1.33. The number of aromatic nitrogens is 2. The summed E-state index contributed by atoms with van der Waals surface area (Å²) in [5.74, 6) is 0.675. The minimum absolute atomic E-state index is 0.0827. The lowest BCUT2D eigenvalue weighted by atomic mass is 10.2. The number of hydrogen-bond donors (Lipinski definition) is 0. The minimum Gasteiger partial charge on any atom is -0.486 e. The number of non-ortho nitro benzene ring substituents is 1. The molecule has 3 aromatic carbocycles. The summed E-state index contributed by atoms with van der Waals surface area (Å²) in [4.78, 5) is 28.2. The minimum atomic E-state index is -0.526. The summed E-state index contributed by atoms with van der Waals surface area (Å²) >= 11 is 0. The molecule has 4 rings (SSSR count). The second kappa shape index (κ2) is 7.32. The molecule has 0 atom stereocenters. The number of carbonyl (C=O) groups excluding carboxylic acids is 1. The van der Waals surface area contributed by atoms with Crippen LogP contribution in [-0.4, -0.2) is 20.4 Å². The summed E-state index contributed by atoms with van der Waals surface area (Å²) in [6, 6.07) is 22.1. The lowest BCUT2D eigenvalue weighted by Crippen LogP contribution is -2.17. The van der Waals surface area contributed by atoms with Crippen LogP contribution in [0.15, 0.2) is 78.9 Å². The molecule has 0 bridgehead atoms. The van der Waals surface area contributed by atoms with Gasteiger partial charge in [-0.2, -0.15) is 0 Å².